The molecule has 186 valence electrons. The predicted molar refractivity (Wildman–Crippen MR) is 139 cm³/mol. The molecule has 8 nitrogen and oxygen atoms in total. The minimum absolute atomic E-state index is 0.233. The molecule has 4 rings (SSSR count). The van der Waals surface area contributed by atoms with Crippen molar-refractivity contribution >= 4 is 40.6 Å². The number of imide groups is 1. The number of hydrogen-bond acceptors (Lipinski definition) is 6. The normalized spacial score (nSPS) is 17.5. The van der Waals surface area contributed by atoms with Crippen molar-refractivity contribution in [2.24, 2.45) is 0 Å². The van der Waals surface area contributed by atoms with E-state index in [1.165, 1.54) is 5.69 Å². The van der Waals surface area contributed by atoms with Crippen LogP contribution in [0.5, 0.6) is 0 Å². The topological polar surface area (TPSA) is 75.1 Å². The number of morpholine rings is 1. The van der Waals surface area contributed by atoms with Crippen molar-refractivity contribution < 1.29 is 19.1 Å². The summed E-state index contributed by atoms with van der Waals surface area (Å²) in [5, 5.41) is -0.413. The van der Waals surface area contributed by atoms with Gasteiger partial charge in [-0.05, 0) is 81.4 Å². The first-order valence-electron chi connectivity index (χ1n) is 12.0. The van der Waals surface area contributed by atoms with E-state index in [9.17, 15) is 14.4 Å². The fourth-order valence-corrected chi connectivity index (χ4v) is 5.39. The quantitative estimate of drug-likeness (QED) is 0.543. The maximum Gasteiger partial charge on any atom is 0.294 e. The molecule has 0 N–H and O–H groups in total. The van der Waals surface area contributed by atoms with Gasteiger partial charge in [0.1, 0.15) is 6.54 Å². The van der Waals surface area contributed by atoms with Crippen molar-refractivity contribution in [3.63, 3.8) is 0 Å². The summed E-state index contributed by atoms with van der Waals surface area (Å²) < 4.78 is 7.41. The fourth-order valence-electron chi connectivity index (χ4n) is 4.56. The molecule has 2 fully saturated rings. The van der Waals surface area contributed by atoms with Gasteiger partial charge in [-0.1, -0.05) is 0 Å². The Hall–Kier alpha value is -3.04. The van der Waals surface area contributed by atoms with E-state index < -0.39 is 11.1 Å². The Balaban J connectivity index is 1.53. The molecule has 2 aromatic rings. The minimum atomic E-state index is -0.421. The summed E-state index contributed by atoms with van der Waals surface area (Å²) in [6.07, 6.45) is 1.76. The first-order chi connectivity index (χ1) is 16.8. The molecule has 0 unspecified atom stereocenters. The second kappa shape index (κ2) is 10.7. The number of nitrogens with zero attached hydrogens (tertiary/aromatic N) is 4. The molecule has 0 bridgehead atoms. The number of anilines is 1. The maximum absolute atomic E-state index is 13.0. The number of amides is 3. The van der Waals surface area contributed by atoms with E-state index in [2.05, 4.69) is 47.6 Å². The zero-order chi connectivity index (χ0) is 25.1. The van der Waals surface area contributed by atoms with E-state index in [0.717, 1.165) is 52.4 Å². The van der Waals surface area contributed by atoms with Crippen molar-refractivity contribution in [2.45, 2.75) is 27.7 Å². The summed E-state index contributed by atoms with van der Waals surface area (Å²) in [5.41, 5.74) is 5.11. The number of aryl methyl sites for hydroxylation is 1. The molecule has 3 heterocycles. The highest BCUT2D eigenvalue weighted by Gasteiger charge is 2.37. The summed E-state index contributed by atoms with van der Waals surface area (Å²) in [4.78, 5) is 43.4. The number of carbonyl (C=O) groups excluding carboxylic acids is 3. The predicted octanol–water partition coefficient (Wildman–Crippen LogP) is 3.84. The van der Waals surface area contributed by atoms with Gasteiger partial charge >= 0.3 is 0 Å². The number of thioether (sulfide) groups is 1. The average Bonchev–Trinajstić information content (AvgIpc) is 3.29. The Kier molecular flexibility index (Phi) is 7.66. The van der Waals surface area contributed by atoms with Crippen LogP contribution in [0.3, 0.4) is 0 Å². The van der Waals surface area contributed by atoms with Gasteiger partial charge in [0.2, 0.25) is 5.91 Å². The Labute approximate surface area is 210 Å². The first kappa shape index (κ1) is 25.1. The third kappa shape index (κ3) is 5.16. The summed E-state index contributed by atoms with van der Waals surface area (Å²) in [6.45, 7) is 11.9. The molecule has 1 aromatic heterocycles. The van der Waals surface area contributed by atoms with Crippen LogP contribution in [-0.4, -0.2) is 77.4 Å². The molecule has 1 aromatic carbocycles. The molecule has 3 amide bonds. The van der Waals surface area contributed by atoms with E-state index in [1.54, 1.807) is 11.0 Å². The van der Waals surface area contributed by atoms with E-state index in [4.69, 9.17) is 4.74 Å². The zero-order valence-corrected chi connectivity index (χ0v) is 21.6. The van der Waals surface area contributed by atoms with Crippen molar-refractivity contribution in [1.29, 1.82) is 0 Å². The maximum atomic E-state index is 13.0. The zero-order valence-electron chi connectivity index (χ0n) is 20.7. The molecule has 2 aliphatic heterocycles. The third-order valence-electron chi connectivity index (χ3n) is 6.52. The Morgan fingerprint density at radius 3 is 2.37 bits per heavy atom. The molecule has 2 saturated heterocycles. The number of rotatable bonds is 7. The lowest BCUT2D eigenvalue weighted by Crippen LogP contribution is -2.46. The van der Waals surface area contributed by atoms with E-state index in [0.29, 0.717) is 31.2 Å². The molecule has 9 heteroatoms. The SMILES string of the molecule is CCN(CC)c1ccc(-n2c(C)cc(/C=C3/SC(=O)N(CC(=O)N4CCOCC4)C3=O)c2C)cc1. The molecule has 0 saturated carbocycles. The van der Waals surface area contributed by atoms with Gasteiger partial charge in [0.05, 0.1) is 18.1 Å². The molecule has 0 aliphatic carbocycles. The Bertz CT molecular complexity index is 1140. The standard InChI is InChI=1S/C26H32N4O4S/c1-5-27(6-2)21-7-9-22(10-8-21)30-18(3)15-20(19(30)4)16-23-25(32)29(26(33)35-23)17-24(31)28-11-13-34-14-12-28/h7-10,15-16H,5-6,11-14,17H2,1-4H3/b23-16+. The lowest BCUT2D eigenvalue weighted by Gasteiger charge is -2.28. The van der Waals surface area contributed by atoms with Gasteiger partial charge in [-0.2, -0.15) is 0 Å². The van der Waals surface area contributed by atoms with Crippen LogP contribution in [0.1, 0.15) is 30.8 Å². The highest BCUT2D eigenvalue weighted by Crippen LogP contribution is 2.34. The van der Waals surface area contributed by atoms with Crippen LogP contribution in [0.2, 0.25) is 0 Å². The summed E-state index contributed by atoms with van der Waals surface area (Å²) >= 11 is 0.883. The molecule has 0 spiro atoms. The monoisotopic (exact) mass is 496 g/mol. The van der Waals surface area contributed by atoms with Crippen molar-refractivity contribution in [3.8, 4) is 5.69 Å². The van der Waals surface area contributed by atoms with Crippen molar-refractivity contribution in [1.82, 2.24) is 14.4 Å². The second-order valence-corrected chi connectivity index (χ2v) is 9.60. The number of hydrogen-bond donors (Lipinski definition) is 0. The van der Waals surface area contributed by atoms with Crippen LogP contribution in [0, 0.1) is 13.8 Å². The fraction of sp³-hybridized carbons (Fsp3) is 0.423. The highest BCUT2D eigenvalue weighted by molar-refractivity contribution is 8.18. The van der Waals surface area contributed by atoms with Crippen LogP contribution in [0.4, 0.5) is 10.5 Å². The molecule has 0 atom stereocenters. The van der Waals surface area contributed by atoms with Gasteiger partial charge < -0.3 is 19.1 Å². The smallest absolute Gasteiger partial charge is 0.294 e. The number of ether oxygens (including phenoxy) is 1. The summed E-state index contributed by atoms with van der Waals surface area (Å²) in [6, 6.07) is 10.5. The van der Waals surface area contributed by atoms with E-state index >= 15 is 0 Å². The molecular weight excluding hydrogens is 464 g/mol. The van der Waals surface area contributed by atoms with Gasteiger partial charge in [0, 0.05) is 48.9 Å². The minimum Gasteiger partial charge on any atom is -0.378 e. The lowest BCUT2D eigenvalue weighted by atomic mass is 10.2. The largest absolute Gasteiger partial charge is 0.378 e. The van der Waals surface area contributed by atoms with Crippen molar-refractivity contribution in [2.75, 3.05) is 50.8 Å². The Morgan fingerprint density at radius 2 is 1.74 bits per heavy atom. The number of aromatic nitrogens is 1. The summed E-state index contributed by atoms with van der Waals surface area (Å²) in [7, 11) is 0. The molecular formula is C26H32N4O4S. The van der Waals surface area contributed by atoms with Gasteiger partial charge in [0.25, 0.3) is 11.1 Å². The number of benzene rings is 1. The number of carbonyl (C=O) groups is 3. The van der Waals surface area contributed by atoms with Crippen LogP contribution in [-0.2, 0) is 14.3 Å². The van der Waals surface area contributed by atoms with E-state index in [1.807, 2.05) is 19.9 Å². The van der Waals surface area contributed by atoms with Gasteiger partial charge in [-0.3, -0.25) is 19.3 Å². The Morgan fingerprint density at radius 1 is 1.09 bits per heavy atom. The first-order valence-corrected chi connectivity index (χ1v) is 12.8. The average molecular weight is 497 g/mol. The lowest BCUT2D eigenvalue weighted by molar-refractivity contribution is -0.139. The van der Waals surface area contributed by atoms with E-state index in [-0.39, 0.29) is 12.5 Å². The van der Waals surface area contributed by atoms with Crippen LogP contribution >= 0.6 is 11.8 Å². The van der Waals surface area contributed by atoms with Crippen LogP contribution < -0.4 is 4.90 Å². The highest BCUT2D eigenvalue weighted by atomic mass is 32.2. The van der Waals surface area contributed by atoms with Gasteiger partial charge in [-0.15, -0.1) is 0 Å². The van der Waals surface area contributed by atoms with Crippen LogP contribution in [0.15, 0.2) is 35.2 Å². The third-order valence-corrected chi connectivity index (χ3v) is 7.43. The van der Waals surface area contributed by atoms with Crippen molar-refractivity contribution in [3.05, 3.63) is 52.2 Å². The second-order valence-electron chi connectivity index (χ2n) is 8.61. The summed E-state index contributed by atoms with van der Waals surface area (Å²) in [5.74, 6) is -0.654. The van der Waals surface area contributed by atoms with Gasteiger partial charge in [-0.25, -0.2) is 0 Å². The van der Waals surface area contributed by atoms with Gasteiger partial charge in [0.15, 0.2) is 0 Å². The molecule has 0 radical (unpaired) electrons. The molecule has 35 heavy (non-hydrogen) atoms. The van der Waals surface area contributed by atoms with Crippen LogP contribution in [0.25, 0.3) is 11.8 Å². The molecule has 2 aliphatic rings.